The summed E-state index contributed by atoms with van der Waals surface area (Å²) in [4.78, 5) is 11.2. The van der Waals surface area contributed by atoms with Gasteiger partial charge in [0.1, 0.15) is 0 Å². The molecule has 0 bridgehead atoms. The van der Waals surface area contributed by atoms with Gasteiger partial charge in [-0.1, -0.05) is 0 Å². The van der Waals surface area contributed by atoms with Gasteiger partial charge in [-0.25, -0.2) is 4.39 Å². The first-order valence-electron chi connectivity index (χ1n) is 4.53. The molecule has 1 saturated heterocycles. The molecule has 1 rings (SSSR count). The number of carbonyl (C=O) groups excluding carboxylic acids is 1. The number of ether oxygens (including phenoxy) is 1. The van der Waals surface area contributed by atoms with Gasteiger partial charge in [0.05, 0.1) is 12.1 Å². The smallest absolute Gasteiger partial charge is 0.257 e. The standard InChI is InChI=1S/C9H16FNO2/c1-6-7(4-5-13-6)11-8(12)9(2,3)10/h6-7H,4-5H2,1-3H3,(H,11,12). The van der Waals surface area contributed by atoms with E-state index in [4.69, 9.17) is 4.74 Å². The van der Waals surface area contributed by atoms with Gasteiger partial charge >= 0.3 is 0 Å². The lowest BCUT2D eigenvalue weighted by Gasteiger charge is -2.20. The quantitative estimate of drug-likeness (QED) is 0.704. The maximum Gasteiger partial charge on any atom is 0.257 e. The Bertz CT molecular complexity index is 200. The largest absolute Gasteiger partial charge is 0.376 e. The van der Waals surface area contributed by atoms with Gasteiger partial charge in [0, 0.05) is 6.61 Å². The summed E-state index contributed by atoms with van der Waals surface area (Å²) >= 11 is 0. The van der Waals surface area contributed by atoms with Gasteiger partial charge in [0.25, 0.3) is 5.91 Å². The molecule has 4 heteroatoms. The molecule has 76 valence electrons. The van der Waals surface area contributed by atoms with E-state index in [0.717, 1.165) is 6.42 Å². The van der Waals surface area contributed by atoms with Crippen molar-refractivity contribution < 1.29 is 13.9 Å². The highest BCUT2D eigenvalue weighted by molar-refractivity contribution is 5.84. The molecule has 0 aromatic rings. The molecule has 1 N–H and O–H groups in total. The van der Waals surface area contributed by atoms with Crippen molar-refractivity contribution in [1.82, 2.24) is 5.32 Å². The molecule has 13 heavy (non-hydrogen) atoms. The summed E-state index contributed by atoms with van der Waals surface area (Å²) in [5.74, 6) is -0.560. The molecule has 1 heterocycles. The normalized spacial score (nSPS) is 28.9. The minimum absolute atomic E-state index is 0.00806. The predicted molar refractivity (Wildman–Crippen MR) is 47.1 cm³/mol. The third-order valence-corrected chi connectivity index (χ3v) is 2.23. The minimum Gasteiger partial charge on any atom is -0.376 e. The molecule has 3 nitrogen and oxygen atoms in total. The fourth-order valence-electron chi connectivity index (χ4n) is 1.26. The number of hydrogen-bond donors (Lipinski definition) is 1. The fraction of sp³-hybridized carbons (Fsp3) is 0.889. The van der Waals surface area contributed by atoms with Gasteiger partial charge in [-0.3, -0.25) is 4.79 Å². The topological polar surface area (TPSA) is 38.3 Å². The maximum absolute atomic E-state index is 13.1. The van der Waals surface area contributed by atoms with Crippen LogP contribution in [0.15, 0.2) is 0 Å². The predicted octanol–water partition coefficient (Wildman–Crippen LogP) is 1.03. The van der Waals surface area contributed by atoms with Crippen LogP contribution in [-0.4, -0.2) is 30.3 Å². The van der Waals surface area contributed by atoms with Crippen molar-refractivity contribution >= 4 is 5.91 Å². The second-order valence-corrected chi connectivity index (χ2v) is 3.92. The first kappa shape index (κ1) is 10.4. The molecular weight excluding hydrogens is 173 g/mol. The van der Waals surface area contributed by atoms with E-state index in [-0.39, 0.29) is 12.1 Å². The third-order valence-electron chi connectivity index (χ3n) is 2.23. The number of rotatable bonds is 2. The Morgan fingerprint density at radius 2 is 2.23 bits per heavy atom. The zero-order chi connectivity index (χ0) is 10.1. The first-order chi connectivity index (χ1) is 5.91. The number of halogens is 1. The van der Waals surface area contributed by atoms with E-state index in [1.165, 1.54) is 13.8 Å². The van der Waals surface area contributed by atoms with Crippen LogP contribution in [0.25, 0.3) is 0 Å². The number of carbonyl (C=O) groups is 1. The van der Waals surface area contributed by atoms with Crippen LogP contribution in [0.2, 0.25) is 0 Å². The van der Waals surface area contributed by atoms with Gasteiger partial charge < -0.3 is 10.1 Å². The van der Waals surface area contributed by atoms with E-state index < -0.39 is 11.6 Å². The summed E-state index contributed by atoms with van der Waals surface area (Å²) < 4.78 is 18.4. The van der Waals surface area contributed by atoms with Crippen LogP contribution in [0.5, 0.6) is 0 Å². The number of amides is 1. The minimum atomic E-state index is -1.80. The fourth-order valence-corrected chi connectivity index (χ4v) is 1.26. The molecule has 0 saturated carbocycles. The first-order valence-corrected chi connectivity index (χ1v) is 4.53. The molecule has 2 unspecified atom stereocenters. The Morgan fingerprint density at radius 3 is 2.62 bits per heavy atom. The van der Waals surface area contributed by atoms with Crippen molar-refractivity contribution in [1.29, 1.82) is 0 Å². The Hall–Kier alpha value is -0.640. The lowest BCUT2D eigenvalue weighted by Crippen LogP contribution is -2.46. The average molecular weight is 189 g/mol. The van der Waals surface area contributed by atoms with Crippen molar-refractivity contribution in [3.63, 3.8) is 0 Å². The number of alkyl halides is 1. The molecule has 0 aromatic carbocycles. The maximum atomic E-state index is 13.1. The van der Waals surface area contributed by atoms with Crippen LogP contribution in [0.3, 0.4) is 0 Å². The Kier molecular flexibility index (Phi) is 2.91. The number of hydrogen-bond acceptors (Lipinski definition) is 2. The summed E-state index contributed by atoms with van der Waals surface area (Å²) in [6, 6.07) is -0.0393. The summed E-state index contributed by atoms with van der Waals surface area (Å²) in [5, 5.41) is 2.63. The Balaban J connectivity index is 2.45. The lowest BCUT2D eigenvalue weighted by atomic mass is 10.1. The molecule has 0 radical (unpaired) electrons. The Labute approximate surface area is 77.6 Å². The van der Waals surface area contributed by atoms with E-state index in [0.29, 0.717) is 6.61 Å². The lowest BCUT2D eigenvalue weighted by molar-refractivity contribution is -0.131. The second-order valence-electron chi connectivity index (χ2n) is 3.92. The SMILES string of the molecule is CC1OCCC1NC(=O)C(C)(C)F. The Morgan fingerprint density at radius 1 is 1.62 bits per heavy atom. The van der Waals surface area contributed by atoms with Crippen molar-refractivity contribution in [3.05, 3.63) is 0 Å². The molecular formula is C9H16FNO2. The summed E-state index contributed by atoms with van der Waals surface area (Å²) in [5.41, 5.74) is -1.80. The summed E-state index contributed by atoms with van der Waals surface area (Å²) in [7, 11) is 0. The molecule has 1 fully saturated rings. The monoisotopic (exact) mass is 189 g/mol. The highest BCUT2D eigenvalue weighted by Crippen LogP contribution is 2.15. The highest BCUT2D eigenvalue weighted by atomic mass is 19.1. The van der Waals surface area contributed by atoms with E-state index in [9.17, 15) is 9.18 Å². The third kappa shape index (κ3) is 2.66. The van der Waals surface area contributed by atoms with Crippen molar-refractivity contribution in [2.75, 3.05) is 6.61 Å². The summed E-state index contributed by atoms with van der Waals surface area (Å²) in [6.07, 6.45) is 0.759. The molecule has 1 aliphatic heterocycles. The molecule has 0 spiro atoms. The van der Waals surface area contributed by atoms with Crippen LogP contribution in [0.4, 0.5) is 4.39 Å². The van der Waals surface area contributed by atoms with Gasteiger partial charge in [-0.15, -0.1) is 0 Å². The van der Waals surface area contributed by atoms with Gasteiger partial charge in [0.15, 0.2) is 5.67 Å². The van der Waals surface area contributed by atoms with Crippen LogP contribution in [-0.2, 0) is 9.53 Å². The van der Waals surface area contributed by atoms with E-state index in [1.807, 2.05) is 6.92 Å². The zero-order valence-corrected chi connectivity index (χ0v) is 8.26. The van der Waals surface area contributed by atoms with E-state index in [1.54, 1.807) is 0 Å². The van der Waals surface area contributed by atoms with Crippen molar-refractivity contribution in [2.45, 2.75) is 45.0 Å². The van der Waals surface area contributed by atoms with E-state index in [2.05, 4.69) is 5.32 Å². The van der Waals surface area contributed by atoms with Crippen LogP contribution < -0.4 is 5.32 Å². The van der Waals surface area contributed by atoms with Gasteiger partial charge in [0.2, 0.25) is 0 Å². The van der Waals surface area contributed by atoms with Gasteiger partial charge in [-0.05, 0) is 27.2 Å². The second kappa shape index (κ2) is 3.62. The number of nitrogens with one attached hydrogen (secondary N) is 1. The van der Waals surface area contributed by atoms with Gasteiger partial charge in [-0.2, -0.15) is 0 Å². The average Bonchev–Trinajstić information content (AvgIpc) is 2.34. The van der Waals surface area contributed by atoms with Crippen LogP contribution in [0.1, 0.15) is 27.2 Å². The molecule has 2 atom stereocenters. The zero-order valence-electron chi connectivity index (χ0n) is 8.26. The van der Waals surface area contributed by atoms with Crippen LogP contribution in [0, 0.1) is 0 Å². The van der Waals surface area contributed by atoms with Crippen LogP contribution >= 0.6 is 0 Å². The highest BCUT2D eigenvalue weighted by Gasteiger charge is 2.32. The molecule has 0 aromatic heterocycles. The molecule has 1 aliphatic rings. The van der Waals surface area contributed by atoms with E-state index >= 15 is 0 Å². The van der Waals surface area contributed by atoms with Crippen molar-refractivity contribution in [3.8, 4) is 0 Å². The molecule has 1 amide bonds. The summed E-state index contributed by atoms with van der Waals surface area (Å²) in [6.45, 7) is 5.02. The van der Waals surface area contributed by atoms with Crippen molar-refractivity contribution in [2.24, 2.45) is 0 Å². The molecule has 0 aliphatic carbocycles.